The Morgan fingerprint density at radius 1 is 1.24 bits per heavy atom. The Morgan fingerprint density at radius 2 is 1.76 bits per heavy atom. The maximum Gasteiger partial charge on any atom is 0.429 e. The molecule has 2 atom stereocenters. The highest BCUT2D eigenvalue weighted by Crippen LogP contribution is 2.51. The van der Waals surface area contributed by atoms with Crippen LogP contribution in [0, 0.1) is 0 Å². The van der Waals surface area contributed by atoms with Crippen LogP contribution in [0.3, 0.4) is 0 Å². The second kappa shape index (κ2) is 5.71. The molecule has 0 saturated heterocycles. The number of hydrogen-bond donors (Lipinski definition) is 0. The molecule has 96 valence electrons. The van der Waals surface area contributed by atoms with Gasteiger partial charge in [0.05, 0.1) is 4.83 Å². The number of alkyl halides is 5. The zero-order valence-corrected chi connectivity index (χ0v) is 12.1. The number of benzene rings is 1. The molecule has 0 aromatic heterocycles. The Kier molecular flexibility index (Phi) is 5.04. The molecule has 0 saturated carbocycles. The van der Waals surface area contributed by atoms with Crippen LogP contribution in [0.2, 0.25) is 0 Å². The molecule has 0 radical (unpaired) electrons. The van der Waals surface area contributed by atoms with E-state index in [1.165, 1.54) is 6.92 Å². The first-order chi connectivity index (χ1) is 7.83. The summed E-state index contributed by atoms with van der Waals surface area (Å²) in [4.78, 5) is -1.02. The number of rotatable bonds is 4. The lowest BCUT2D eigenvalue weighted by Gasteiger charge is -2.34. The molecule has 0 heterocycles. The minimum atomic E-state index is -4.52. The van der Waals surface area contributed by atoms with Gasteiger partial charge in [-0.3, -0.25) is 0 Å². The Labute approximate surface area is 115 Å². The molecule has 1 nitrogen and oxygen atoms in total. The molecule has 0 aliphatic rings. The summed E-state index contributed by atoms with van der Waals surface area (Å²) >= 11 is 5.73. The molecule has 1 aromatic carbocycles. The van der Waals surface area contributed by atoms with Crippen molar-refractivity contribution in [2.24, 2.45) is 0 Å². The highest BCUT2D eigenvalue weighted by Gasteiger charge is 2.59. The van der Waals surface area contributed by atoms with Crippen LogP contribution in [0.1, 0.15) is 17.3 Å². The van der Waals surface area contributed by atoms with Crippen molar-refractivity contribution in [3.05, 3.63) is 35.9 Å². The smallest absolute Gasteiger partial charge is 0.354 e. The minimum absolute atomic E-state index is 0.0420. The standard InChI is InChI=1S/C11H11Br2F3O/c1-2-17-10(13,11(14,15)16)9(12)8-6-4-3-5-7-8/h3-7,9H,2H2,1H3. The lowest BCUT2D eigenvalue weighted by atomic mass is 10.1. The summed E-state index contributed by atoms with van der Waals surface area (Å²) in [5.74, 6) is 0. The van der Waals surface area contributed by atoms with E-state index in [1.54, 1.807) is 30.3 Å². The van der Waals surface area contributed by atoms with Crippen molar-refractivity contribution in [3.63, 3.8) is 0 Å². The summed E-state index contributed by atoms with van der Waals surface area (Å²) in [5.41, 5.74) is 0.496. The second-order valence-corrected chi connectivity index (χ2v) is 5.44. The third-order valence-electron chi connectivity index (χ3n) is 2.16. The monoisotopic (exact) mass is 374 g/mol. The topological polar surface area (TPSA) is 9.23 Å². The van der Waals surface area contributed by atoms with E-state index in [-0.39, 0.29) is 6.61 Å². The predicted octanol–water partition coefficient (Wildman–Crippen LogP) is 4.81. The van der Waals surface area contributed by atoms with Crippen LogP contribution >= 0.6 is 31.9 Å². The van der Waals surface area contributed by atoms with Crippen molar-refractivity contribution in [1.29, 1.82) is 0 Å². The molecule has 0 amide bonds. The van der Waals surface area contributed by atoms with Crippen LogP contribution in [0.4, 0.5) is 13.2 Å². The van der Waals surface area contributed by atoms with Crippen LogP contribution < -0.4 is 0 Å². The van der Waals surface area contributed by atoms with Crippen molar-refractivity contribution in [1.82, 2.24) is 0 Å². The number of hydrogen-bond acceptors (Lipinski definition) is 1. The Hall–Kier alpha value is -0.0700. The van der Waals surface area contributed by atoms with Crippen molar-refractivity contribution in [2.75, 3.05) is 6.61 Å². The zero-order chi connectivity index (χ0) is 13.1. The zero-order valence-electron chi connectivity index (χ0n) is 8.97. The van der Waals surface area contributed by atoms with E-state index in [2.05, 4.69) is 31.9 Å². The van der Waals surface area contributed by atoms with Gasteiger partial charge in [0.15, 0.2) is 0 Å². The van der Waals surface area contributed by atoms with E-state index in [1.807, 2.05) is 0 Å². The molecule has 0 N–H and O–H groups in total. The maximum atomic E-state index is 13.0. The molecule has 6 heteroatoms. The van der Waals surface area contributed by atoms with E-state index in [9.17, 15) is 13.2 Å². The molecule has 0 aliphatic heterocycles. The third kappa shape index (κ3) is 3.23. The van der Waals surface area contributed by atoms with E-state index in [4.69, 9.17) is 4.74 Å². The summed E-state index contributed by atoms with van der Waals surface area (Å²) in [6.07, 6.45) is -4.52. The molecule has 17 heavy (non-hydrogen) atoms. The summed E-state index contributed by atoms with van der Waals surface area (Å²) in [6.45, 7) is 1.48. The molecule has 1 aromatic rings. The summed E-state index contributed by atoms with van der Waals surface area (Å²) in [6, 6.07) is 8.33. The van der Waals surface area contributed by atoms with Gasteiger partial charge in [0.1, 0.15) is 0 Å². The lowest BCUT2D eigenvalue weighted by molar-refractivity contribution is -0.232. The van der Waals surface area contributed by atoms with Gasteiger partial charge in [0, 0.05) is 6.61 Å². The first-order valence-corrected chi connectivity index (χ1v) is 6.62. The first-order valence-electron chi connectivity index (χ1n) is 4.91. The SMILES string of the molecule is CCOC(Br)(C(Br)c1ccccc1)C(F)(F)F. The molecule has 0 fully saturated rings. The molecule has 0 bridgehead atoms. The van der Waals surface area contributed by atoms with Gasteiger partial charge in [-0.2, -0.15) is 13.2 Å². The van der Waals surface area contributed by atoms with Gasteiger partial charge in [-0.25, -0.2) is 0 Å². The average molecular weight is 376 g/mol. The average Bonchev–Trinajstić information content (AvgIpc) is 2.28. The molecule has 1 rings (SSSR count). The number of halogens is 5. The largest absolute Gasteiger partial charge is 0.429 e. The van der Waals surface area contributed by atoms with Crippen molar-refractivity contribution in [2.45, 2.75) is 22.4 Å². The van der Waals surface area contributed by atoms with Gasteiger partial charge in [-0.1, -0.05) is 46.3 Å². The van der Waals surface area contributed by atoms with Crippen LogP contribution in [-0.4, -0.2) is 17.3 Å². The second-order valence-electron chi connectivity index (χ2n) is 3.35. The fraction of sp³-hybridized carbons (Fsp3) is 0.455. The molecule has 2 unspecified atom stereocenters. The Bertz CT molecular complexity index is 355. The summed E-state index contributed by atoms with van der Waals surface area (Å²) in [7, 11) is 0. The highest BCUT2D eigenvalue weighted by molar-refractivity contribution is 9.12. The fourth-order valence-corrected chi connectivity index (χ4v) is 2.54. The first kappa shape index (κ1) is 15.0. The Morgan fingerprint density at radius 3 is 2.18 bits per heavy atom. The highest BCUT2D eigenvalue weighted by atomic mass is 79.9. The van der Waals surface area contributed by atoms with Crippen LogP contribution in [0.15, 0.2) is 30.3 Å². The Balaban J connectivity index is 3.08. The van der Waals surface area contributed by atoms with Gasteiger partial charge >= 0.3 is 6.18 Å². The van der Waals surface area contributed by atoms with Gasteiger partial charge < -0.3 is 4.74 Å². The van der Waals surface area contributed by atoms with Gasteiger partial charge in [0.25, 0.3) is 0 Å². The fourth-order valence-electron chi connectivity index (χ4n) is 1.35. The third-order valence-corrected chi connectivity index (χ3v) is 5.08. The van der Waals surface area contributed by atoms with Crippen LogP contribution in [0.5, 0.6) is 0 Å². The lowest BCUT2D eigenvalue weighted by Crippen LogP contribution is -2.45. The maximum absolute atomic E-state index is 13.0. The van der Waals surface area contributed by atoms with Gasteiger partial charge in [-0.05, 0) is 28.4 Å². The summed E-state index contributed by atoms with van der Waals surface area (Å²) in [5, 5.41) is 0. The molecule has 0 aliphatic carbocycles. The van der Waals surface area contributed by atoms with Crippen molar-refractivity contribution >= 4 is 31.9 Å². The van der Waals surface area contributed by atoms with E-state index < -0.39 is 15.5 Å². The number of ether oxygens (including phenoxy) is 1. The van der Waals surface area contributed by atoms with E-state index in [0.29, 0.717) is 5.56 Å². The van der Waals surface area contributed by atoms with Crippen molar-refractivity contribution in [3.8, 4) is 0 Å². The minimum Gasteiger partial charge on any atom is -0.354 e. The van der Waals surface area contributed by atoms with Crippen molar-refractivity contribution < 1.29 is 17.9 Å². The van der Waals surface area contributed by atoms with Gasteiger partial charge in [0.2, 0.25) is 4.51 Å². The predicted molar refractivity (Wildman–Crippen MR) is 67.4 cm³/mol. The normalized spacial score (nSPS) is 17.5. The van der Waals surface area contributed by atoms with E-state index >= 15 is 0 Å². The summed E-state index contributed by atoms with van der Waals surface area (Å²) < 4.78 is 41.5. The van der Waals surface area contributed by atoms with Crippen LogP contribution in [-0.2, 0) is 4.74 Å². The van der Waals surface area contributed by atoms with Gasteiger partial charge in [-0.15, -0.1) is 0 Å². The molecular formula is C11H11Br2F3O. The molecule has 0 spiro atoms. The quantitative estimate of drug-likeness (QED) is 0.686. The van der Waals surface area contributed by atoms with Crippen LogP contribution in [0.25, 0.3) is 0 Å². The van der Waals surface area contributed by atoms with E-state index in [0.717, 1.165) is 0 Å². The molecular weight excluding hydrogens is 365 g/mol.